The van der Waals surface area contributed by atoms with Crippen LogP contribution in [0.15, 0.2) is 182 Å². The van der Waals surface area contributed by atoms with Crippen molar-refractivity contribution >= 4 is 34.1 Å². The summed E-state index contributed by atoms with van der Waals surface area (Å²) in [5.41, 5.74) is 22.1. The highest BCUT2D eigenvalue weighted by Gasteiger charge is 2.47. The minimum atomic E-state index is -0.616. The topological polar surface area (TPSA) is 6.48 Å². The van der Waals surface area contributed by atoms with Crippen molar-refractivity contribution in [2.45, 2.75) is 118 Å². The summed E-state index contributed by atoms with van der Waals surface area (Å²) in [6.07, 6.45) is 13.0. The van der Waals surface area contributed by atoms with Crippen LogP contribution in [0.2, 0.25) is 0 Å². The molecule has 2 nitrogen and oxygen atoms in total. The Morgan fingerprint density at radius 2 is 0.706 bits per heavy atom. The fraction of sp³-hybridized carbons (Fsp3) is 0.273. The van der Waals surface area contributed by atoms with Crippen LogP contribution in [0.1, 0.15) is 128 Å². The van der Waals surface area contributed by atoms with Crippen LogP contribution in [-0.2, 0) is 24.7 Å². The molecule has 0 fully saturated rings. The van der Waals surface area contributed by atoms with Gasteiger partial charge in [0.1, 0.15) is 0 Å². The summed E-state index contributed by atoms with van der Waals surface area (Å²) < 4.78 is 0. The molecule has 0 N–H and O–H groups in total. The molecule has 0 bridgehead atoms. The van der Waals surface area contributed by atoms with E-state index in [0.717, 1.165) is 42.0 Å². The SMILES string of the molecule is CCCCCCc1ccc(C2(c3ccc(C)cc3)c3cc(N(c4ccc(C)cc4)c4cccc(CCCC)c4)ccc3-c3ccc(N(c4ccc(C)cc4)c4cccc(CCCC)c4)cc32)cc1. The van der Waals surface area contributed by atoms with Crippen molar-refractivity contribution in [1.29, 1.82) is 0 Å². The van der Waals surface area contributed by atoms with E-state index in [-0.39, 0.29) is 0 Å². The largest absolute Gasteiger partial charge is 0.310 e. The lowest BCUT2D eigenvalue weighted by Gasteiger charge is -2.36. The third-order valence-electron chi connectivity index (χ3n) is 14.4. The van der Waals surface area contributed by atoms with Crippen LogP contribution in [0, 0.1) is 20.8 Å². The zero-order valence-corrected chi connectivity index (χ0v) is 41.5. The van der Waals surface area contributed by atoms with E-state index in [2.05, 4.69) is 233 Å². The third kappa shape index (κ3) is 9.57. The average molecular weight is 891 g/mol. The van der Waals surface area contributed by atoms with Crippen LogP contribution < -0.4 is 9.80 Å². The highest BCUT2D eigenvalue weighted by atomic mass is 15.1. The zero-order chi connectivity index (χ0) is 47.0. The van der Waals surface area contributed by atoms with Gasteiger partial charge in [0.15, 0.2) is 0 Å². The molecule has 344 valence electrons. The molecule has 0 heterocycles. The predicted octanol–water partition coefficient (Wildman–Crippen LogP) is 18.7. The van der Waals surface area contributed by atoms with E-state index in [1.54, 1.807) is 0 Å². The van der Waals surface area contributed by atoms with Crippen molar-refractivity contribution in [3.63, 3.8) is 0 Å². The van der Waals surface area contributed by atoms with Gasteiger partial charge in [0, 0.05) is 34.1 Å². The Balaban J connectivity index is 1.30. The van der Waals surface area contributed by atoms with E-state index in [9.17, 15) is 0 Å². The predicted molar refractivity (Wildman–Crippen MR) is 292 cm³/mol. The maximum absolute atomic E-state index is 2.53. The fourth-order valence-electron chi connectivity index (χ4n) is 10.6. The van der Waals surface area contributed by atoms with Gasteiger partial charge >= 0.3 is 0 Å². The normalized spacial score (nSPS) is 12.4. The van der Waals surface area contributed by atoms with Crippen LogP contribution in [-0.4, -0.2) is 0 Å². The Morgan fingerprint density at radius 3 is 1.15 bits per heavy atom. The second-order valence-corrected chi connectivity index (χ2v) is 19.5. The van der Waals surface area contributed by atoms with Crippen LogP contribution in [0.4, 0.5) is 34.1 Å². The summed E-state index contributed by atoms with van der Waals surface area (Å²) in [5.74, 6) is 0. The standard InChI is InChI=1S/C66H70N2/c1-7-10-13-14-19-51-30-34-55(35-31-51)66(54-32-24-48(4)25-33-54)64-46-60(67(56-36-26-49(5)27-37-56)58-22-15-20-52(44-58)17-11-8-2)40-42-62(64)63-43-41-61(47-65(63)66)68(57-38-28-50(6)29-39-57)59-23-16-21-53(45-59)18-12-9-3/h15-16,20-47H,7-14,17-19H2,1-6H3. The summed E-state index contributed by atoms with van der Waals surface area (Å²) in [4.78, 5) is 4.96. The molecule has 9 rings (SSSR count). The van der Waals surface area contributed by atoms with Crippen LogP contribution in [0.3, 0.4) is 0 Å². The van der Waals surface area contributed by atoms with Crippen molar-refractivity contribution in [2.75, 3.05) is 9.80 Å². The molecule has 0 aromatic heterocycles. The number of fused-ring (bicyclic) bond motifs is 3. The van der Waals surface area contributed by atoms with Gasteiger partial charge in [-0.25, -0.2) is 0 Å². The number of aryl methyl sites for hydroxylation is 6. The number of unbranched alkanes of at least 4 members (excludes halogenated alkanes) is 5. The Labute approximate surface area is 408 Å². The lowest BCUT2D eigenvalue weighted by atomic mass is 9.67. The molecule has 0 saturated carbocycles. The molecular weight excluding hydrogens is 821 g/mol. The molecule has 0 spiro atoms. The van der Waals surface area contributed by atoms with E-state index in [4.69, 9.17) is 0 Å². The van der Waals surface area contributed by atoms with Gasteiger partial charge < -0.3 is 9.80 Å². The molecular formula is C66H70N2. The van der Waals surface area contributed by atoms with Gasteiger partial charge in [-0.15, -0.1) is 0 Å². The van der Waals surface area contributed by atoms with Gasteiger partial charge in [0.05, 0.1) is 5.41 Å². The van der Waals surface area contributed by atoms with E-state index in [1.165, 1.54) is 130 Å². The minimum Gasteiger partial charge on any atom is -0.310 e. The number of hydrogen-bond donors (Lipinski definition) is 0. The number of nitrogens with zero attached hydrogens (tertiary/aromatic N) is 2. The number of anilines is 6. The van der Waals surface area contributed by atoms with Gasteiger partial charge in [0.25, 0.3) is 0 Å². The lowest BCUT2D eigenvalue weighted by Crippen LogP contribution is -2.29. The average Bonchev–Trinajstić information content (AvgIpc) is 3.65. The van der Waals surface area contributed by atoms with Crippen molar-refractivity contribution in [2.24, 2.45) is 0 Å². The zero-order valence-electron chi connectivity index (χ0n) is 41.5. The van der Waals surface area contributed by atoms with E-state index in [0.29, 0.717) is 0 Å². The molecule has 0 amide bonds. The molecule has 1 aliphatic carbocycles. The lowest BCUT2D eigenvalue weighted by molar-refractivity contribution is 0.666. The first-order valence-electron chi connectivity index (χ1n) is 25.7. The van der Waals surface area contributed by atoms with Gasteiger partial charge in [0.2, 0.25) is 0 Å². The molecule has 0 saturated heterocycles. The smallest absolute Gasteiger partial charge is 0.0715 e. The molecule has 68 heavy (non-hydrogen) atoms. The summed E-state index contributed by atoms with van der Waals surface area (Å²) in [5, 5.41) is 0. The van der Waals surface area contributed by atoms with Crippen LogP contribution in [0.25, 0.3) is 11.1 Å². The maximum Gasteiger partial charge on any atom is 0.0715 e. The van der Waals surface area contributed by atoms with Crippen molar-refractivity contribution in [3.05, 3.63) is 238 Å². The number of rotatable bonds is 19. The summed E-state index contributed by atoms with van der Waals surface area (Å²) in [6.45, 7) is 13.4. The first-order valence-corrected chi connectivity index (χ1v) is 25.7. The maximum atomic E-state index is 2.53. The fourth-order valence-corrected chi connectivity index (χ4v) is 10.6. The van der Waals surface area contributed by atoms with E-state index < -0.39 is 5.41 Å². The van der Waals surface area contributed by atoms with Gasteiger partial charge in [-0.05, 0) is 182 Å². The molecule has 2 heteroatoms. The van der Waals surface area contributed by atoms with Crippen molar-refractivity contribution < 1.29 is 0 Å². The van der Waals surface area contributed by atoms with Crippen LogP contribution in [0.5, 0.6) is 0 Å². The Bertz CT molecular complexity index is 2770. The molecule has 0 radical (unpaired) electrons. The molecule has 0 atom stereocenters. The first-order chi connectivity index (χ1) is 33.3. The second kappa shape index (κ2) is 21.1. The van der Waals surface area contributed by atoms with Gasteiger partial charge in [-0.2, -0.15) is 0 Å². The molecule has 0 aliphatic heterocycles. The molecule has 8 aromatic carbocycles. The van der Waals surface area contributed by atoms with Crippen molar-refractivity contribution in [1.82, 2.24) is 0 Å². The minimum absolute atomic E-state index is 0.616. The summed E-state index contributed by atoms with van der Waals surface area (Å²) in [7, 11) is 0. The Morgan fingerprint density at radius 1 is 0.324 bits per heavy atom. The molecule has 0 unspecified atom stereocenters. The van der Waals surface area contributed by atoms with Crippen LogP contribution >= 0.6 is 0 Å². The van der Waals surface area contributed by atoms with Gasteiger partial charge in [-0.3, -0.25) is 0 Å². The Kier molecular flexibility index (Phi) is 14.4. The van der Waals surface area contributed by atoms with E-state index >= 15 is 0 Å². The summed E-state index contributed by atoms with van der Waals surface area (Å²) >= 11 is 0. The second-order valence-electron chi connectivity index (χ2n) is 19.5. The number of benzene rings is 8. The molecule has 8 aromatic rings. The monoisotopic (exact) mass is 891 g/mol. The third-order valence-corrected chi connectivity index (χ3v) is 14.4. The first kappa shape index (κ1) is 46.5. The Hall–Kier alpha value is -6.64. The van der Waals surface area contributed by atoms with E-state index in [1.807, 2.05) is 0 Å². The quantitative estimate of drug-likeness (QED) is 0.0747. The van der Waals surface area contributed by atoms with Crippen molar-refractivity contribution in [3.8, 4) is 11.1 Å². The highest BCUT2D eigenvalue weighted by Crippen LogP contribution is 2.58. The molecule has 1 aliphatic rings. The summed E-state index contributed by atoms with van der Waals surface area (Å²) in [6, 6.07) is 70.3. The highest BCUT2D eigenvalue weighted by molar-refractivity contribution is 5.92. The number of hydrogen-bond acceptors (Lipinski definition) is 2. The van der Waals surface area contributed by atoms with Gasteiger partial charge in [-0.1, -0.05) is 179 Å².